The predicted octanol–water partition coefficient (Wildman–Crippen LogP) is 2.43. The van der Waals surface area contributed by atoms with Crippen molar-refractivity contribution in [3.05, 3.63) is 29.8 Å². The molecule has 5 heteroatoms. The molecule has 0 aromatic heterocycles. The van der Waals surface area contributed by atoms with E-state index in [-0.39, 0.29) is 24.4 Å². The van der Waals surface area contributed by atoms with Gasteiger partial charge in [0.1, 0.15) is 6.54 Å². The maximum atomic E-state index is 12.6. The highest BCUT2D eigenvalue weighted by molar-refractivity contribution is 5.98. The fraction of sp³-hybridized carbons (Fsp3) is 0.600. The third-order valence-electron chi connectivity index (χ3n) is 5.32. The van der Waals surface area contributed by atoms with Crippen LogP contribution in [0.3, 0.4) is 0 Å². The Balaban J connectivity index is 1.53. The van der Waals surface area contributed by atoms with Crippen LogP contribution >= 0.6 is 0 Å². The number of hydrogen-bond donors (Lipinski definition) is 0. The third-order valence-corrected chi connectivity index (χ3v) is 5.32. The molecular weight excluding hydrogens is 314 g/mol. The first-order valence-electron chi connectivity index (χ1n) is 9.43. The Kier molecular flexibility index (Phi) is 5.74. The van der Waals surface area contributed by atoms with Gasteiger partial charge in [0.15, 0.2) is 0 Å². The molecule has 0 bridgehead atoms. The molecular formula is C20H29N3O2. The first-order valence-corrected chi connectivity index (χ1v) is 9.43. The van der Waals surface area contributed by atoms with Crippen LogP contribution in [0.5, 0.6) is 0 Å². The van der Waals surface area contributed by atoms with E-state index in [1.165, 1.54) is 18.4 Å². The number of hydrogen-bond acceptors (Lipinski definition) is 3. The molecule has 136 valence electrons. The standard InChI is InChI=1S/C20H29N3O2/c1-16-7-9-18(10-8-16)23-14-17(2)22(15-20(23)25)19(24)6-5-13-21-11-3-4-12-21/h7-10,17H,3-6,11-15H2,1-2H3. The Morgan fingerprint density at radius 2 is 1.84 bits per heavy atom. The summed E-state index contributed by atoms with van der Waals surface area (Å²) in [6, 6.07) is 8.05. The van der Waals surface area contributed by atoms with Crippen LogP contribution in [0.15, 0.2) is 24.3 Å². The Morgan fingerprint density at radius 1 is 1.16 bits per heavy atom. The number of nitrogens with zero attached hydrogens (tertiary/aromatic N) is 3. The number of piperazine rings is 1. The van der Waals surface area contributed by atoms with Gasteiger partial charge >= 0.3 is 0 Å². The molecule has 1 aromatic carbocycles. The predicted molar refractivity (Wildman–Crippen MR) is 99.6 cm³/mol. The van der Waals surface area contributed by atoms with Gasteiger partial charge in [0, 0.05) is 24.7 Å². The van der Waals surface area contributed by atoms with Crippen molar-refractivity contribution in [1.29, 1.82) is 0 Å². The summed E-state index contributed by atoms with van der Waals surface area (Å²) in [6.45, 7) is 8.16. The lowest BCUT2D eigenvalue weighted by atomic mass is 10.1. The van der Waals surface area contributed by atoms with Crippen LogP contribution in [0.1, 0.15) is 38.2 Å². The highest BCUT2D eigenvalue weighted by Crippen LogP contribution is 2.21. The molecule has 3 rings (SSSR count). The number of rotatable bonds is 5. The minimum Gasteiger partial charge on any atom is -0.329 e. The molecule has 2 fully saturated rings. The van der Waals surface area contributed by atoms with Crippen LogP contribution in [0, 0.1) is 6.92 Å². The third kappa shape index (κ3) is 4.40. The van der Waals surface area contributed by atoms with E-state index in [1.807, 2.05) is 38.1 Å². The van der Waals surface area contributed by atoms with Crippen LogP contribution in [0.2, 0.25) is 0 Å². The van der Waals surface area contributed by atoms with E-state index in [0.717, 1.165) is 31.7 Å². The van der Waals surface area contributed by atoms with Crippen LogP contribution in [-0.4, -0.2) is 60.4 Å². The topological polar surface area (TPSA) is 43.9 Å². The summed E-state index contributed by atoms with van der Waals surface area (Å²) >= 11 is 0. The monoisotopic (exact) mass is 343 g/mol. The molecule has 0 saturated carbocycles. The SMILES string of the molecule is Cc1ccc(N2CC(C)N(C(=O)CCCN3CCCC3)CC2=O)cc1. The Labute approximate surface area is 150 Å². The van der Waals surface area contributed by atoms with E-state index in [2.05, 4.69) is 4.90 Å². The Bertz CT molecular complexity index is 608. The highest BCUT2D eigenvalue weighted by atomic mass is 16.2. The largest absolute Gasteiger partial charge is 0.329 e. The average molecular weight is 343 g/mol. The molecule has 2 aliphatic heterocycles. The highest BCUT2D eigenvalue weighted by Gasteiger charge is 2.32. The number of likely N-dealkylation sites (tertiary alicyclic amines) is 1. The lowest BCUT2D eigenvalue weighted by molar-refractivity contribution is -0.139. The Morgan fingerprint density at radius 3 is 2.52 bits per heavy atom. The molecule has 2 heterocycles. The number of amides is 2. The quantitative estimate of drug-likeness (QED) is 0.825. The molecule has 0 spiro atoms. The summed E-state index contributed by atoms with van der Waals surface area (Å²) < 4.78 is 0. The first-order chi connectivity index (χ1) is 12.0. The van der Waals surface area contributed by atoms with E-state index < -0.39 is 0 Å². The summed E-state index contributed by atoms with van der Waals surface area (Å²) in [5.41, 5.74) is 2.10. The van der Waals surface area contributed by atoms with Gasteiger partial charge in [-0.25, -0.2) is 0 Å². The zero-order valence-electron chi connectivity index (χ0n) is 15.4. The lowest BCUT2D eigenvalue weighted by Gasteiger charge is -2.39. The van der Waals surface area contributed by atoms with Gasteiger partial charge in [-0.1, -0.05) is 17.7 Å². The van der Waals surface area contributed by atoms with Crippen molar-refractivity contribution in [3.8, 4) is 0 Å². The number of carbonyl (C=O) groups is 2. The van der Waals surface area contributed by atoms with E-state index in [1.54, 1.807) is 9.80 Å². The van der Waals surface area contributed by atoms with Crippen molar-refractivity contribution in [2.45, 2.75) is 45.6 Å². The number of benzene rings is 1. The molecule has 0 aliphatic carbocycles. The van der Waals surface area contributed by atoms with Gasteiger partial charge in [-0.2, -0.15) is 0 Å². The smallest absolute Gasteiger partial charge is 0.246 e. The number of carbonyl (C=O) groups excluding carboxylic acids is 2. The van der Waals surface area contributed by atoms with Crippen molar-refractivity contribution in [3.63, 3.8) is 0 Å². The van der Waals surface area contributed by atoms with E-state index in [4.69, 9.17) is 0 Å². The summed E-state index contributed by atoms with van der Waals surface area (Å²) in [4.78, 5) is 31.1. The minimum absolute atomic E-state index is 0.00912. The summed E-state index contributed by atoms with van der Waals surface area (Å²) in [7, 11) is 0. The van der Waals surface area contributed by atoms with Crippen molar-refractivity contribution in [2.24, 2.45) is 0 Å². The summed E-state index contributed by atoms with van der Waals surface area (Å²) in [5, 5.41) is 0. The summed E-state index contributed by atoms with van der Waals surface area (Å²) in [5.74, 6) is 0.124. The second-order valence-electron chi connectivity index (χ2n) is 7.36. The first kappa shape index (κ1) is 17.9. The molecule has 1 aromatic rings. The van der Waals surface area contributed by atoms with E-state index >= 15 is 0 Å². The maximum Gasteiger partial charge on any atom is 0.246 e. The molecule has 5 nitrogen and oxygen atoms in total. The zero-order chi connectivity index (χ0) is 17.8. The van der Waals surface area contributed by atoms with Gasteiger partial charge in [-0.05, 0) is 64.9 Å². The van der Waals surface area contributed by atoms with Gasteiger partial charge in [0.05, 0.1) is 0 Å². The molecule has 2 amide bonds. The van der Waals surface area contributed by atoms with Crippen LogP contribution in [0.4, 0.5) is 5.69 Å². The fourth-order valence-electron chi connectivity index (χ4n) is 3.76. The van der Waals surface area contributed by atoms with Gasteiger partial charge in [-0.3, -0.25) is 9.59 Å². The second-order valence-corrected chi connectivity index (χ2v) is 7.36. The van der Waals surface area contributed by atoms with E-state index in [0.29, 0.717) is 13.0 Å². The average Bonchev–Trinajstić information content (AvgIpc) is 3.11. The number of anilines is 1. The van der Waals surface area contributed by atoms with Crippen LogP contribution < -0.4 is 4.90 Å². The molecule has 1 unspecified atom stereocenters. The normalized spacial score (nSPS) is 21.8. The van der Waals surface area contributed by atoms with Gasteiger partial charge in [0.2, 0.25) is 11.8 Å². The molecule has 25 heavy (non-hydrogen) atoms. The van der Waals surface area contributed by atoms with E-state index in [9.17, 15) is 9.59 Å². The molecule has 0 N–H and O–H groups in total. The molecule has 2 saturated heterocycles. The van der Waals surface area contributed by atoms with Gasteiger partial charge < -0.3 is 14.7 Å². The minimum atomic E-state index is 0.00912. The fourth-order valence-corrected chi connectivity index (χ4v) is 3.76. The van der Waals surface area contributed by atoms with Crippen LogP contribution in [-0.2, 0) is 9.59 Å². The van der Waals surface area contributed by atoms with Crippen molar-refractivity contribution >= 4 is 17.5 Å². The molecule has 0 radical (unpaired) electrons. The lowest BCUT2D eigenvalue weighted by Crippen LogP contribution is -2.57. The van der Waals surface area contributed by atoms with Crippen LogP contribution in [0.25, 0.3) is 0 Å². The maximum absolute atomic E-state index is 12.6. The van der Waals surface area contributed by atoms with Crippen molar-refractivity contribution in [2.75, 3.05) is 37.6 Å². The van der Waals surface area contributed by atoms with Gasteiger partial charge in [0.25, 0.3) is 0 Å². The molecule has 2 aliphatic rings. The zero-order valence-corrected chi connectivity index (χ0v) is 15.4. The van der Waals surface area contributed by atoms with Crippen molar-refractivity contribution in [1.82, 2.24) is 9.80 Å². The second kappa shape index (κ2) is 8.00. The van der Waals surface area contributed by atoms with Crippen molar-refractivity contribution < 1.29 is 9.59 Å². The number of aryl methyl sites for hydroxylation is 1. The molecule has 1 atom stereocenters. The Hall–Kier alpha value is -1.88. The summed E-state index contributed by atoms with van der Waals surface area (Å²) in [6.07, 6.45) is 3.98. The van der Waals surface area contributed by atoms with Gasteiger partial charge in [-0.15, -0.1) is 0 Å².